The van der Waals surface area contributed by atoms with Gasteiger partial charge in [0, 0.05) is 5.92 Å². The highest BCUT2D eigenvalue weighted by molar-refractivity contribution is 5.73. The van der Waals surface area contributed by atoms with Gasteiger partial charge in [0.1, 0.15) is 11.9 Å². The first-order valence-electron chi connectivity index (χ1n) is 4.97. The molecule has 2 rings (SSSR count). The van der Waals surface area contributed by atoms with E-state index in [1.165, 1.54) is 0 Å². The van der Waals surface area contributed by atoms with Gasteiger partial charge in [0.2, 0.25) is 0 Å². The third kappa shape index (κ3) is 1.85. The first kappa shape index (κ1) is 10.1. The van der Waals surface area contributed by atoms with E-state index in [9.17, 15) is 4.79 Å². The average molecular weight is 210 g/mol. The van der Waals surface area contributed by atoms with E-state index in [0.29, 0.717) is 13.1 Å². The number of nitrogens with one attached hydrogen (secondary N) is 1. The SMILES string of the molecule is CC(C)c1nc2n(n1)CC(C(=O)O)NC2. The van der Waals surface area contributed by atoms with Crippen LogP contribution in [0.5, 0.6) is 0 Å². The Bertz CT molecular complexity index is 385. The zero-order valence-corrected chi connectivity index (χ0v) is 8.77. The quantitative estimate of drug-likeness (QED) is 0.715. The van der Waals surface area contributed by atoms with E-state index in [-0.39, 0.29) is 5.92 Å². The van der Waals surface area contributed by atoms with Crippen LogP contribution in [0.1, 0.15) is 31.4 Å². The summed E-state index contributed by atoms with van der Waals surface area (Å²) in [7, 11) is 0. The summed E-state index contributed by atoms with van der Waals surface area (Å²) in [5.41, 5.74) is 0. The van der Waals surface area contributed by atoms with Crippen molar-refractivity contribution in [3.63, 3.8) is 0 Å². The van der Waals surface area contributed by atoms with Crippen molar-refractivity contribution in [3.8, 4) is 0 Å². The number of aliphatic carboxylic acids is 1. The van der Waals surface area contributed by atoms with Gasteiger partial charge in [0.05, 0.1) is 13.1 Å². The second-order valence-electron chi connectivity index (χ2n) is 3.99. The van der Waals surface area contributed by atoms with Gasteiger partial charge >= 0.3 is 5.97 Å². The Kier molecular flexibility index (Phi) is 2.44. The molecule has 0 amide bonds. The van der Waals surface area contributed by atoms with E-state index in [2.05, 4.69) is 15.4 Å². The van der Waals surface area contributed by atoms with Crippen LogP contribution >= 0.6 is 0 Å². The van der Waals surface area contributed by atoms with E-state index in [4.69, 9.17) is 5.11 Å². The molecule has 2 N–H and O–H groups in total. The number of carboxylic acid groups (broad SMARTS) is 1. The Morgan fingerprint density at radius 1 is 1.67 bits per heavy atom. The van der Waals surface area contributed by atoms with Gasteiger partial charge in [0.15, 0.2) is 5.82 Å². The number of carboxylic acids is 1. The fraction of sp³-hybridized carbons (Fsp3) is 0.667. The second-order valence-corrected chi connectivity index (χ2v) is 3.99. The lowest BCUT2D eigenvalue weighted by Crippen LogP contribution is -2.44. The number of hydrogen-bond acceptors (Lipinski definition) is 4. The lowest BCUT2D eigenvalue weighted by atomic mass is 10.2. The third-order valence-corrected chi connectivity index (χ3v) is 2.44. The fourth-order valence-corrected chi connectivity index (χ4v) is 1.53. The van der Waals surface area contributed by atoms with Crippen molar-refractivity contribution < 1.29 is 9.90 Å². The molecule has 2 heterocycles. The molecule has 0 spiro atoms. The minimum absolute atomic E-state index is 0.270. The molecule has 0 bridgehead atoms. The van der Waals surface area contributed by atoms with Crippen LogP contribution in [0.15, 0.2) is 0 Å². The van der Waals surface area contributed by atoms with Crippen LogP contribution in [0.2, 0.25) is 0 Å². The van der Waals surface area contributed by atoms with Gasteiger partial charge in [-0.2, -0.15) is 5.10 Å². The van der Waals surface area contributed by atoms with Crippen LogP contribution in [0.4, 0.5) is 0 Å². The summed E-state index contributed by atoms with van der Waals surface area (Å²) in [5.74, 6) is 1.02. The summed E-state index contributed by atoms with van der Waals surface area (Å²) in [6.45, 7) is 4.86. The Morgan fingerprint density at radius 3 is 3.00 bits per heavy atom. The predicted octanol–water partition coefficient (Wildman–Crippen LogP) is -0.0421. The van der Waals surface area contributed by atoms with Gasteiger partial charge < -0.3 is 5.11 Å². The lowest BCUT2D eigenvalue weighted by molar-refractivity contribution is -0.140. The number of fused-ring (bicyclic) bond motifs is 1. The highest BCUT2D eigenvalue weighted by Gasteiger charge is 2.26. The van der Waals surface area contributed by atoms with Crippen LogP contribution < -0.4 is 5.32 Å². The molecule has 0 radical (unpaired) electrons. The molecule has 1 aromatic heterocycles. The standard InChI is InChI=1S/C9H14N4O2/c1-5(2)8-11-7-3-10-6(9(14)15)4-13(7)12-8/h5-6,10H,3-4H2,1-2H3,(H,14,15). The molecule has 82 valence electrons. The Hall–Kier alpha value is -1.43. The van der Waals surface area contributed by atoms with Crippen molar-refractivity contribution in [2.24, 2.45) is 0 Å². The van der Waals surface area contributed by atoms with Gasteiger partial charge in [-0.05, 0) is 0 Å². The van der Waals surface area contributed by atoms with Crippen molar-refractivity contribution in [1.82, 2.24) is 20.1 Å². The van der Waals surface area contributed by atoms with E-state index in [1.54, 1.807) is 4.68 Å². The number of rotatable bonds is 2. The molecule has 1 aromatic rings. The molecule has 0 fully saturated rings. The van der Waals surface area contributed by atoms with Gasteiger partial charge in [-0.3, -0.25) is 10.1 Å². The molecule has 15 heavy (non-hydrogen) atoms. The van der Waals surface area contributed by atoms with E-state index in [0.717, 1.165) is 11.6 Å². The summed E-state index contributed by atoms with van der Waals surface area (Å²) in [4.78, 5) is 15.1. The molecule has 1 aliphatic rings. The maximum Gasteiger partial charge on any atom is 0.322 e. The van der Waals surface area contributed by atoms with Crippen molar-refractivity contribution in [3.05, 3.63) is 11.6 Å². The lowest BCUT2D eigenvalue weighted by Gasteiger charge is -2.20. The molecule has 1 unspecified atom stereocenters. The number of aromatic nitrogens is 3. The summed E-state index contributed by atoms with van der Waals surface area (Å²) >= 11 is 0. The zero-order valence-electron chi connectivity index (χ0n) is 8.77. The van der Waals surface area contributed by atoms with Crippen molar-refractivity contribution in [2.45, 2.75) is 38.9 Å². The average Bonchev–Trinajstić information content (AvgIpc) is 2.59. The summed E-state index contributed by atoms with van der Waals surface area (Å²) in [5, 5.41) is 16.0. The Balaban J connectivity index is 2.22. The molecular weight excluding hydrogens is 196 g/mol. The minimum atomic E-state index is -0.845. The smallest absolute Gasteiger partial charge is 0.322 e. The van der Waals surface area contributed by atoms with Gasteiger partial charge in [-0.25, -0.2) is 9.67 Å². The molecule has 0 aliphatic carbocycles. The molecule has 0 saturated heterocycles. The van der Waals surface area contributed by atoms with Crippen molar-refractivity contribution >= 4 is 5.97 Å². The monoisotopic (exact) mass is 210 g/mol. The van der Waals surface area contributed by atoms with Crippen LogP contribution in [0.25, 0.3) is 0 Å². The largest absolute Gasteiger partial charge is 0.480 e. The van der Waals surface area contributed by atoms with Crippen LogP contribution in [-0.2, 0) is 17.9 Å². The highest BCUT2D eigenvalue weighted by atomic mass is 16.4. The molecule has 1 atom stereocenters. The molecule has 6 heteroatoms. The highest BCUT2D eigenvalue weighted by Crippen LogP contribution is 2.13. The first-order chi connectivity index (χ1) is 7.08. The predicted molar refractivity (Wildman–Crippen MR) is 52.4 cm³/mol. The van der Waals surface area contributed by atoms with E-state index < -0.39 is 12.0 Å². The third-order valence-electron chi connectivity index (χ3n) is 2.44. The number of nitrogens with zero attached hydrogens (tertiary/aromatic N) is 3. The van der Waals surface area contributed by atoms with E-state index in [1.807, 2.05) is 13.8 Å². The normalized spacial score (nSPS) is 20.3. The molecular formula is C9H14N4O2. The maximum atomic E-state index is 10.8. The summed E-state index contributed by atoms with van der Waals surface area (Å²) in [6, 6.07) is -0.556. The maximum absolute atomic E-state index is 10.8. The van der Waals surface area contributed by atoms with Crippen molar-refractivity contribution in [1.29, 1.82) is 0 Å². The molecule has 0 saturated carbocycles. The fourth-order valence-electron chi connectivity index (χ4n) is 1.53. The Morgan fingerprint density at radius 2 is 2.40 bits per heavy atom. The van der Waals surface area contributed by atoms with Crippen LogP contribution in [-0.4, -0.2) is 31.9 Å². The van der Waals surface area contributed by atoms with E-state index >= 15 is 0 Å². The molecule has 0 aromatic carbocycles. The van der Waals surface area contributed by atoms with Gasteiger partial charge in [0.25, 0.3) is 0 Å². The van der Waals surface area contributed by atoms with Gasteiger partial charge in [-0.1, -0.05) is 13.8 Å². The first-order valence-corrected chi connectivity index (χ1v) is 4.97. The topological polar surface area (TPSA) is 80.0 Å². The molecule has 6 nitrogen and oxygen atoms in total. The van der Waals surface area contributed by atoms with Crippen LogP contribution in [0, 0.1) is 0 Å². The zero-order chi connectivity index (χ0) is 11.0. The molecule has 1 aliphatic heterocycles. The van der Waals surface area contributed by atoms with Crippen molar-refractivity contribution in [2.75, 3.05) is 0 Å². The summed E-state index contributed by atoms with van der Waals surface area (Å²) in [6.07, 6.45) is 0. The summed E-state index contributed by atoms with van der Waals surface area (Å²) < 4.78 is 1.69. The number of hydrogen-bond donors (Lipinski definition) is 2. The Labute approximate surface area is 87.3 Å². The second kappa shape index (κ2) is 3.62. The minimum Gasteiger partial charge on any atom is -0.480 e. The van der Waals surface area contributed by atoms with Crippen LogP contribution in [0.3, 0.4) is 0 Å². The number of carbonyl (C=O) groups is 1. The van der Waals surface area contributed by atoms with Gasteiger partial charge in [-0.15, -0.1) is 0 Å².